The van der Waals surface area contributed by atoms with E-state index in [4.69, 9.17) is 11.6 Å². The van der Waals surface area contributed by atoms with E-state index in [0.29, 0.717) is 0 Å². The highest BCUT2D eigenvalue weighted by Gasteiger charge is 2.09. The van der Waals surface area contributed by atoms with E-state index in [9.17, 15) is 5.11 Å². The number of aryl methyl sites for hydroxylation is 1. The molecule has 2 aromatic carbocycles. The Morgan fingerprint density at radius 2 is 1.82 bits per heavy atom. The van der Waals surface area contributed by atoms with Gasteiger partial charge in [-0.15, -0.1) is 11.3 Å². The Balaban J connectivity index is 1.48. The molecule has 1 N–H and O–H groups in total. The van der Waals surface area contributed by atoms with Crippen LogP contribution in [0.2, 0.25) is 5.02 Å². The highest BCUT2D eigenvalue weighted by Crippen LogP contribution is 2.30. The quantitative estimate of drug-likeness (QED) is 0.241. The molecule has 1 unspecified atom stereocenters. The van der Waals surface area contributed by atoms with Crippen molar-refractivity contribution >= 4 is 33.0 Å². The van der Waals surface area contributed by atoms with Gasteiger partial charge >= 0.3 is 0 Å². The summed E-state index contributed by atoms with van der Waals surface area (Å²) >= 11 is 7.93. The number of fused-ring (bicyclic) bond motifs is 1. The zero-order valence-electron chi connectivity index (χ0n) is 20.1. The summed E-state index contributed by atoms with van der Waals surface area (Å²) < 4.78 is 1.24. The van der Waals surface area contributed by atoms with Crippen molar-refractivity contribution in [2.75, 3.05) is 0 Å². The Bertz CT molecular complexity index is 1060. The monoisotopic (exact) mass is 480 g/mol. The summed E-state index contributed by atoms with van der Waals surface area (Å²) in [4.78, 5) is 1.35. The molecule has 3 rings (SSSR count). The smallest absolute Gasteiger partial charge is 0.0793 e. The second-order valence-corrected chi connectivity index (χ2v) is 10.6. The van der Waals surface area contributed by atoms with Crippen LogP contribution in [-0.4, -0.2) is 5.11 Å². The number of hydrogen-bond acceptors (Lipinski definition) is 2. The minimum absolute atomic E-state index is 0.391. The van der Waals surface area contributed by atoms with Crippen LogP contribution in [0.15, 0.2) is 72.3 Å². The first-order valence-electron chi connectivity index (χ1n) is 12.3. The fraction of sp³-hybridized carbons (Fsp3) is 0.400. The highest BCUT2D eigenvalue weighted by atomic mass is 35.5. The summed E-state index contributed by atoms with van der Waals surface area (Å²) in [6.07, 6.45) is 11.2. The largest absolute Gasteiger partial charge is 0.388 e. The zero-order valence-corrected chi connectivity index (χ0v) is 21.7. The van der Waals surface area contributed by atoms with Gasteiger partial charge in [0.2, 0.25) is 0 Å². The highest BCUT2D eigenvalue weighted by molar-refractivity contribution is 7.19. The first-order valence-corrected chi connectivity index (χ1v) is 13.5. The summed E-state index contributed by atoms with van der Waals surface area (Å²) in [7, 11) is 0. The Labute approximate surface area is 208 Å². The number of thiophene rings is 1. The maximum Gasteiger partial charge on any atom is 0.0793 e. The van der Waals surface area contributed by atoms with Gasteiger partial charge in [0, 0.05) is 21.0 Å². The van der Waals surface area contributed by atoms with E-state index in [1.54, 1.807) is 0 Å². The standard InChI is InChI=1S/C30H37ClOS/c1-4-7-23(13-18-29(32)25-14-11-24(8-5-2)12-15-25)10-6-9-22(3)19-28-20-26-16-17-27(31)21-30(26)33-28/h10-12,14-17,20-21,29,32H,3-9,13,18-19H2,1-2H3/b23-10+. The zero-order chi connectivity index (χ0) is 23.6. The molecule has 0 bridgehead atoms. The Morgan fingerprint density at radius 1 is 1.03 bits per heavy atom. The molecular weight excluding hydrogens is 444 g/mol. The van der Waals surface area contributed by atoms with Crippen molar-refractivity contribution in [3.8, 4) is 0 Å². The average molecular weight is 481 g/mol. The molecule has 33 heavy (non-hydrogen) atoms. The van der Waals surface area contributed by atoms with Crippen molar-refractivity contribution in [2.45, 2.75) is 77.7 Å². The van der Waals surface area contributed by atoms with Crippen LogP contribution in [0.1, 0.15) is 80.9 Å². The Morgan fingerprint density at radius 3 is 2.55 bits per heavy atom. The number of benzene rings is 2. The van der Waals surface area contributed by atoms with Crippen molar-refractivity contribution in [1.82, 2.24) is 0 Å². The van der Waals surface area contributed by atoms with Gasteiger partial charge in [0.25, 0.3) is 0 Å². The minimum atomic E-state index is -0.391. The lowest BCUT2D eigenvalue weighted by Gasteiger charge is -2.14. The molecule has 0 radical (unpaired) electrons. The molecule has 0 saturated carbocycles. The Kier molecular flexibility index (Phi) is 10.2. The molecule has 0 spiro atoms. The fourth-order valence-corrected chi connectivity index (χ4v) is 5.71. The molecule has 0 saturated heterocycles. The van der Waals surface area contributed by atoms with E-state index in [1.165, 1.54) is 31.7 Å². The average Bonchev–Trinajstić information content (AvgIpc) is 3.19. The predicted molar refractivity (Wildman–Crippen MR) is 147 cm³/mol. The molecule has 176 valence electrons. The van der Waals surface area contributed by atoms with Crippen LogP contribution in [0.3, 0.4) is 0 Å². The summed E-state index contributed by atoms with van der Waals surface area (Å²) in [6, 6.07) is 16.8. The summed E-state index contributed by atoms with van der Waals surface area (Å²) in [5, 5.41) is 12.7. The van der Waals surface area contributed by atoms with Gasteiger partial charge in [0.1, 0.15) is 0 Å². The number of hydrogen-bond donors (Lipinski definition) is 1. The number of allylic oxidation sites excluding steroid dienone is 3. The number of aliphatic hydroxyl groups is 1. The lowest BCUT2D eigenvalue weighted by molar-refractivity contribution is 0.167. The third kappa shape index (κ3) is 8.14. The van der Waals surface area contributed by atoms with Gasteiger partial charge in [0.15, 0.2) is 0 Å². The minimum Gasteiger partial charge on any atom is -0.388 e. The second kappa shape index (κ2) is 13.1. The van der Waals surface area contributed by atoms with E-state index in [1.807, 2.05) is 23.5 Å². The van der Waals surface area contributed by atoms with Gasteiger partial charge in [-0.25, -0.2) is 0 Å². The van der Waals surface area contributed by atoms with Crippen molar-refractivity contribution in [2.24, 2.45) is 0 Å². The molecule has 1 aromatic heterocycles. The SMILES string of the molecule is C=C(CC/C=C(\CCC)CCC(O)c1ccc(CCC)cc1)Cc1cc2ccc(Cl)cc2s1. The molecule has 0 aliphatic rings. The van der Waals surface area contributed by atoms with Crippen molar-refractivity contribution in [1.29, 1.82) is 0 Å². The molecule has 0 fully saturated rings. The van der Waals surface area contributed by atoms with E-state index in [0.717, 1.165) is 68.4 Å². The van der Waals surface area contributed by atoms with Gasteiger partial charge in [-0.1, -0.05) is 92.4 Å². The van der Waals surface area contributed by atoms with Gasteiger partial charge in [-0.3, -0.25) is 0 Å². The van der Waals surface area contributed by atoms with Crippen molar-refractivity contribution in [3.05, 3.63) is 93.4 Å². The summed E-state index contributed by atoms with van der Waals surface area (Å²) in [5.74, 6) is 0. The third-order valence-corrected chi connectivity index (χ3v) is 7.43. The van der Waals surface area contributed by atoms with E-state index >= 15 is 0 Å². The van der Waals surface area contributed by atoms with Crippen LogP contribution < -0.4 is 0 Å². The maximum absolute atomic E-state index is 10.7. The van der Waals surface area contributed by atoms with Crippen molar-refractivity contribution in [3.63, 3.8) is 0 Å². The van der Waals surface area contributed by atoms with Crippen LogP contribution in [0.5, 0.6) is 0 Å². The van der Waals surface area contributed by atoms with E-state index in [2.05, 4.69) is 62.9 Å². The van der Waals surface area contributed by atoms with Crippen LogP contribution in [0, 0.1) is 0 Å². The first kappa shape index (κ1) is 25.7. The number of halogens is 1. The molecule has 3 heteroatoms. The lowest BCUT2D eigenvalue weighted by atomic mass is 9.96. The fourth-order valence-electron chi connectivity index (χ4n) is 4.30. The van der Waals surface area contributed by atoms with Gasteiger partial charge in [0.05, 0.1) is 6.10 Å². The predicted octanol–water partition coefficient (Wildman–Crippen LogP) is 9.63. The second-order valence-electron chi connectivity index (χ2n) is 9.02. The molecule has 1 atom stereocenters. The number of aliphatic hydroxyl groups excluding tert-OH is 1. The Hall–Kier alpha value is -1.87. The molecule has 0 aliphatic heterocycles. The molecule has 1 heterocycles. The molecule has 3 aromatic rings. The maximum atomic E-state index is 10.7. The van der Waals surface area contributed by atoms with Crippen LogP contribution in [0.4, 0.5) is 0 Å². The van der Waals surface area contributed by atoms with Gasteiger partial charge < -0.3 is 5.11 Å². The molecule has 0 aliphatic carbocycles. The number of rotatable bonds is 13. The molecular formula is C30H37ClOS. The van der Waals surface area contributed by atoms with Gasteiger partial charge in [-0.2, -0.15) is 0 Å². The first-order chi connectivity index (χ1) is 16.0. The lowest BCUT2D eigenvalue weighted by Crippen LogP contribution is -1.99. The van der Waals surface area contributed by atoms with Crippen LogP contribution in [0.25, 0.3) is 10.1 Å². The summed E-state index contributed by atoms with van der Waals surface area (Å²) in [5.41, 5.74) is 5.11. The van der Waals surface area contributed by atoms with Crippen LogP contribution in [-0.2, 0) is 12.8 Å². The third-order valence-electron chi connectivity index (χ3n) is 6.10. The van der Waals surface area contributed by atoms with E-state index < -0.39 is 6.10 Å². The van der Waals surface area contributed by atoms with Crippen molar-refractivity contribution < 1.29 is 5.11 Å². The summed E-state index contributed by atoms with van der Waals surface area (Å²) in [6.45, 7) is 8.75. The molecule has 1 nitrogen and oxygen atoms in total. The van der Waals surface area contributed by atoms with Crippen LogP contribution >= 0.6 is 22.9 Å². The topological polar surface area (TPSA) is 20.2 Å². The van der Waals surface area contributed by atoms with E-state index in [-0.39, 0.29) is 0 Å². The molecule has 0 amide bonds. The van der Waals surface area contributed by atoms with Gasteiger partial charge in [-0.05, 0) is 73.2 Å². The normalized spacial score (nSPS) is 12.9.